The zero-order chi connectivity index (χ0) is 34.6. The van der Waals surface area contributed by atoms with Crippen LogP contribution in [0.1, 0.15) is 80.9 Å². The highest BCUT2D eigenvalue weighted by Gasteiger charge is 2.54. The summed E-state index contributed by atoms with van der Waals surface area (Å²) in [6.07, 6.45) is 3.43. The minimum absolute atomic E-state index is 0.0343. The second-order valence-corrected chi connectivity index (χ2v) is 14.2. The second kappa shape index (κ2) is 13.1. The predicted octanol–water partition coefficient (Wildman–Crippen LogP) is 7.33. The standard InChI is InChI=1S/C36H37ClF2N6O4/c1-17-13-21(17)33(46)26-5-3-4-6-29(45-12-11-19(22-15-23(22)35(45)47)30-25(38)10-9-24(37)31(30)39)34-43-28(16-40)32(44-34)20-8-7-18(14-27(20)42-26)41-36(48)49-2/h7-10,14,17,19,21-23,26,29,42H,3-6,11-13,15H2,1-2H3,(H,41,48)(H,43,44)/t17-,19?,21+,22?,23+,26+,29-/m0/s1. The number of carbonyl (C=O) groups is 3. The molecule has 1 saturated heterocycles. The Morgan fingerprint density at radius 1 is 1.12 bits per heavy atom. The SMILES string of the molecule is COC(=O)Nc1ccc2c(c1)N[C@@H](C(=O)[C@@H]1C[C@@H]1C)CCCC[C@H](N1CCC(c3c(F)ccc(Cl)c3F)C3C[C@H]3C1=O)c1nc-2c(C#N)[nH]1. The molecule has 3 aromatic rings. The molecule has 2 aromatic carbocycles. The normalized spacial score (nSPS) is 27.6. The van der Waals surface area contributed by atoms with Gasteiger partial charge in [-0.25, -0.2) is 18.6 Å². The van der Waals surface area contributed by atoms with E-state index in [-0.39, 0.29) is 52.3 Å². The number of aromatic amines is 1. The molecule has 2 unspecified atom stereocenters. The van der Waals surface area contributed by atoms with Crippen LogP contribution in [-0.2, 0) is 14.3 Å². The lowest BCUT2D eigenvalue weighted by Gasteiger charge is -2.31. The smallest absolute Gasteiger partial charge is 0.411 e. The summed E-state index contributed by atoms with van der Waals surface area (Å²) in [7, 11) is 1.26. The lowest BCUT2D eigenvalue weighted by atomic mass is 9.89. The van der Waals surface area contributed by atoms with Crippen LogP contribution in [-0.4, -0.2) is 52.3 Å². The van der Waals surface area contributed by atoms with Crippen LogP contribution < -0.4 is 10.6 Å². The Kier molecular flexibility index (Phi) is 8.82. The topological polar surface area (TPSA) is 140 Å². The highest BCUT2D eigenvalue weighted by Crippen LogP contribution is 2.55. The Morgan fingerprint density at radius 3 is 2.63 bits per heavy atom. The zero-order valence-electron chi connectivity index (χ0n) is 27.2. The van der Waals surface area contributed by atoms with E-state index in [1.807, 2.05) is 0 Å². The van der Waals surface area contributed by atoms with Crippen molar-refractivity contribution < 1.29 is 27.9 Å². The van der Waals surface area contributed by atoms with E-state index in [1.165, 1.54) is 19.2 Å². The molecule has 0 radical (unpaired) electrons. The molecule has 13 heteroatoms. The van der Waals surface area contributed by atoms with Gasteiger partial charge in [0, 0.05) is 40.9 Å². The number of fused-ring (bicyclic) bond motifs is 5. The Balaban J connectivity index is 1.26. The van der Waals surface area contributed by atoms with Gasteiger partial charge in [-0.3, -0.25) is 14.9 Å². The third-order valence-corrected chi connectivity index (χ3v) is 11.0. The highest BCUT2D eigenvalue weighted by molar-refractivity contribution is 6.30. The summed E-state index contributed by atoms with van der Waals surface area (Å²) in [6, 6.07) is 8.62. The maximum Gasteiger partial charge on any atom is 0.411 e. The molecule has 256 valence electrons. The minimum Gasteiger partial charge on any atom is -0.453 e. The Labute approximate surface area is 287 Å². The maximum absolute atomic E-state index is 15.2. The number of likely N-dealkylation sites (tertiary alicyclic amines) is 1. The number of methoxy groups -OCH3 is 1. The number of anilines is 2. The number of carbonyl (C=O) groups excluding carboxylic acids is 3. The first-order chi connectivity index (χ1) is 23.6. The van der Waals surface area contributed by atoms with Crippen molar-refractivity contribution in [1.29, 1.82) is 5.26 Å². The lowest BCUT2D eigenvalue weighted by molar-refractivity contribution is -0.135. The number of rotatable bonds is 5. The number of nitrogens with one attached hydrogen (secondary N) is 3. The van der Waals surface area contributed by atoms with Crippen LogP contribution in [0.2, 0.25) is 5.02 Å². The number of hydrogen-bond acceptors (Lipinski definition) is 7. The number of hydrogen-bond donors (Lipinski definition) is 3. The van der Waals surface area contributed by atoms with Crippen molar-refractivity contribution in [2.45, 2.75) is 69.9 Å². The molecule has 2 amide bonds. The van der Waals surface area contributed by atoms with E-state index in [0.29, 0.717) is 72.9 Å². The van der Waals surface area contributed by atoms with Gasteiger partial charge in [0.05, 0.1) is 24.2 Å². The number of Topliss-reactive ketones (excluding diaryl/α,β-unsaturated/α-hetero) is 1. The lowest BCUT2D eigenvalue weighted by Crippen LogP contribution is -2.37. The van der Waals surface area contributed by atoms with E-state index in [9.17, 15) is 19.6 Å². The van der Waals surface area contributed by atoms with Gasteiger partial charge in [0.15, 0.2) is 5.78 Å². The van der Waals surface area contributed by atoms with Gasteiger partial charge in [0.1, 0.15) is 34.9 Å². The summed E-state index contributed by atoms with van der Waals surface area (Å²) in [4.78, 5) is 49.6. The van der Waals surface area contributed by atoms with Gasteiger partial charge in [-0.05, 0) is 80.2 Å². The van der Waals surface area contributed by atoms with Crippen molar-refractivity contribution in [2.24, 2.45) is 23.7 Å². The molecular weight excluding hydrogens is 654 g/mol. The van der Waals surface area contributed by atoms with Gasteiger partial charge in [0.25, 0.3) is 0 Å². The third-order valence-electron chi connectivity index (χ3n) is 10.7. The first-order valence-electron chi connectivity index (χ1n) is 16.8. The molecule has 2 bridgehead atoms. The van der Waals surface area contributed by atoms with Crippen LogP contribution in [0.3, 0.4) is 0 Å². The van der Waals surface area contributed by atoms with Gasteiger partial charge >= 0.3 is 6.09 Å². The summed E-state index contributed by atoms with van der Waals surface area (Å²) >= 11 is 6.05. The number of nitriles is 1. The molecule has 3 fully saturated rings. The number of H-pyrrole nitrogens is 1. The number of amides is 2. The van der Waals surface area contributed by atoms with Crippen LogP contribution in [0, 0.1) is 46.6 Å². The molecule has 3 N–H and O–H groups in total. The van der Waals surface area contributed by atoms with Gasteiger partial charge in [-0.1, -0.05) is 31.4 Å². The van der Waals surface area contributed by atoms with Crippen LogP contribution in [0.25, 0.3) is 11.3 Å². The largest absolute Gasteiger partial charge is 0.453 e. The fourth-order valence-electron chi connectivity index (χ4n) is 7.83. The number of aromatic nitrogens is 2. The molecule has 1 aromatic heterocycles. The summed E-state index contributed by atoms with van der Waals surface area (Å²) in [5, 5.41) is 16.2. The van der Waals surface area contributed by atoms with E-state index < -0.39 is 35.7 Å². The Bertz CT molecular complexity index is 1880. The molecule has 7 atom stereocenters. The summed E-state index contributed by atoms with van der Waals surface area (Å²) in [6.45, 7) is 2.30. The quantitative estimate of drug-likeness (QED) is 0.238. The van der Waals surface area contributed by atoms with Crippen molar-refractivity contribution >= 4 is 40.8 Å². The van der Waals surface area contributed by atoms with E-state index in [0.717, 1.165) is 6.42 Å². The Hall–Kier alpha value is -4.50. The molecule has 10 nitrogen and oxygen atoms in total. The zero-order valence-corrected chi connectivity index (χ0v) is 27.9. The predicted molar refractivity (Wildman–Crippen MR) is 178 cm³/mol. The summed E-state index contributed by atoms with van der Waals surface area (Å²) < 4.78 is 35.0. The van der Waals surface area contributed by atoms with Crippen LogP contribution in [0.5, 0.6) is 0 Å². The average molecular weight is 691 g/mol. The van der Waals surface area contributed by atoms with Crippen molar-refractivity contribution in [3.05, 3.63) is 64.1 Å². The molecule has 7 rings (SSSR count). The molecule has 2 aliphatic heterocycles. The summed E-state index contributed by atoms with van der Waals surface area (Å²) in [5.41, 5.74) is 1.96. The number of ketones is 1. The third kappa shape index (κ3) is 6.25. The molecule has 49 heavy (non-hydrogen) atoms. The molecule has 4 aliphatic rings. The van der Waals surface area contributed by atoms with Crippen LogP contribution in [0.15, 0.2) is 30.3 Å². The maximum atomic E-state index is 15.2. The number of halogens is 3. The summed E-state index contributed by atoms with van der Waals surface area (Å²) in [5.74, 6) is -1.79. The van der Waals surface area contributed by atoms with Gasteiger partial charge in [0.2, 0.25) is 5.91 Å². The first kappa shape index (κ1) is 33.0. The van der Waals surface area contributed by atoms with Gasteiger partial charge < -0.3 is 19.9 Å². The number of nitrogens with zero attached hydrogens (tertiary/aromatic N) is 3. The fourth-order valence-corrected chi connectivity index (χ4v) is 7.99. The van der Waals surface area contributed by atoms with E-state index in [1.54, 1.807) is 23.1 Å². The molecule has 3 heterocycles. The van der Waals surface area contributed by atoms with E-state index in [2.05, 4.69) is 28.6 Å². The number of ether oxygens (including phenoxy) is 1. The van der Waals surface area contributed by atoms with Crippen molar-refractivity contribution in [3.8, 4) is 17.3 Å². The highest BCUT2D eigenvalue weighted by atomic mass is 35.5. The van der Waals surface area contributed by atoms with E-state index in [4.69, 9.17) is 21.3 Å². The minimum atomic E-state index is -0.777. The average Bonchev–Trinajstić information content (AvgIpc) is 4.00. The van der Waals surface area contributed by atoms with Crippen molar-refractivity contribution in [1.82, 2.24) is 14.9 Å². The molecule has 2 aliphatic carbocycles. The van der Waals surface area contributed by atoms with Gasteiger partial charge in [-0.2, -0.15) is 5.26 Å². The van der Waals surface area contributed by atoms with Gasteiger partial charge in [-0.15, -0.1) is 0 Å². The van der Waals surface area contributed by atoms with Crippen LogP contribution >= 0.6 is 11.6 Å². The second-order valence-electron chi connectivity index (χ2n) is 13.7. The van der Waals surface area contributed by atoms with Crippen molar-refractivity contribution in [2.75, 3.05) is 24.3 Å². The van der Waals surface area contributed by atoms with Crippen LogP contribution in [0.4, 0.5) is 25.0 Å². The molecule has 0 spiro atoms. The fraction of sp³-hybridized carbons (Fsp3) is 0.472. The van der Waals surface area contributed by atoms with Crippen molar-refractivity contribution in [3.63, 3.8) is 0 Å². The Morgan fingerprint density at radius 2 is 1.90 bits per heavy atom. The number of benzene rings is 2. The molecular formula is C36H37ClF2N6O4. The molecule has 2 saturated carbocycles. The number of imidazole rings is 1. The van der Waals surface area contributed by atoms with E-state index >= 15 is 8.78 Å². The monoisotopic (exact) mass is 690 g/mol. The first-order valence-corrected chi connectivity index (χ1v) is 17.2.